The fourth-order valence-corrected chi connectivity index (χ4v) is 4.62. The lowest BCUT2D eigenvalue weighted by Crippen LogP contribution is -2.45. The van der Waals surface area contributed by atoms with Crippen LogP contribution in [0.15, 0.2) is 27.8 Å². The molecule has 2 aromatic heterocycles. The zero-order valence-electron chi connectivity index (χ0n) is 15.9. The molecule has 8 nitrogen and oxygen atoms in total. The van der Waals surface area contributed by atoms with Crippen molar-refractivity contribution in [3.63, 3.8) is 0 Å². The van der Waals surface area contributed by atoms with Crippen LogP contribution < -0.4 is 11.1 Å². The molecule has 0 spiro atoms. The number of aromatic nitrogens is 4. The van der Waals surface area contributed by atoms with Gasteiger partial charge in [0.25, 0.3) is 5.91 Å². The number of pyridine rings is 1. The minimum absolute atomic E-state index is 0.00491. The van der Waals surface area contributed by atoms with E-state index in [1.165, 1.54) is 15.7 Å². The van der Waals surface area contributed by atoms with Gasteiger partial charge in [0.1, 0.15) is 11.5 Å². The van der Waals surface area contributed by atoms with Gasteiger partial charge in [0.15, 0.2) is 0 Å². The van der Waals surface area contributed by atoms with Gasteiger partial charge in [0, 0.05) is 43.7 Å². The zero-order valence-corrected chi connectivity index (χ0v) is 15.9. The maximum absolute atomic E-state index is 12.8. The number of fused-ring (bicyclic) bond motifs is 3. The van der Waals surface area contributed by atoms with Crippen molar-refractivity contribution in [1.82, 2.24) is 24.2 Å². The van der Waals surface area contributed by atoms with Crippen molar-refractivity contribution in [2.24, 2.45) is 11.8 Å². The zero-order chi connectivity index (χ0) is 19.4. The molecule has 28 heavy (non-hydrogen) atoms. The van der Waals surface area contributed by atoms with Gasteiger partial charge in [-0.15, -0.1) is 0 Å². The van der Waals surface area contributed by atoms with Gasteiger partial charge in [0.05, 0.1) is 0 Å². The molecule has 2 aromatic rings. The van der Waals surface area contributed by atoms with Crippen molar-refractivity contribution in [2.45, 2.75) is 45.2 Å². The maximum atomic E-state index is 12.8. The Labute approximate surface area is 161 Å². The van der Waals surface area contributed by atoms with Crippen molar-refractivity contribution in [1.29, 1.82) is 0 Å². The lowest BCUT2D eigenvalue weighted by molar-refractivity contribution is 0.0777. The fourth-order valence-electron chi connectivity index (χ4n) is 4.62. The predicted octanol–water partition coefficient (Wildman–Crippen LogP) is 0.778. The molecule has 2 unspecified atom stereocenters. The Morgan fingerprint density at radius 2 is 1.96 bits per heavy atom. The van der Waals surface area contributed by atoms with E-state index >= 15 is 0 Å². The summed E-state index contributed by atoms with van der Waals surface area (Å²) in [4.78, 5) is 44.0. The molecular weight excluding hydrogens is 358 g/mol. The van der Waals surface area contributed by atoms with Gasteiger partial charge in [-0.1, -0.05) is 12.5 Å². The van der Waals surface area contributed by atoms with Crippen molar-refractivity contribution in [2.75, 3.05) is 13.1 Å². The number of carbonyl (C=O) groups excluding carboxylic acids is 1. The van der Waals surface area contributed by atoms with E-state index in [9.17, 15) is 14.4 Å². The Bertz CT molecular complexity index is 1070. The van der Waals surface area contributed by atoms with E-state index in [-0.39, 0.29) is 17.7 Å². The molecule has 8 heteroatoms. The predicted molar refractivity (Wildman–Crippen MR) is 101 cm³/mol. The third-order valence-corrected chi connectivity index (χ3v) is 6.40. The van der Waals surface area contributed by atoms with Crippen LogP contribution in [0.25, 0.3) is 0 Å². The second-order valence-electron chi connectivity index (χ2n) is 8.30. The van der Waals surface area contributed by atoms with Crippen molar-refractivity contribution < 1.29 is 4.79 Å². The molecule has 0 N–H and O–H groups in total. The van der Waals surface area contributed by atoms with Gasteiger partial charge in [0.2, 0.25) is 0 Å². The molecule has 3 aliphatic rings. The van der Waals surface area contributed by atoms with E-state index in [4.69, 9.17) is 0 Å². The van der Waals surface area contributed by atoms with Gasteiger partial charge >= 0.3 is 11.1 Å². The number of likely N-dealkylation sites (tertiary alicyclic amines) is 1. The summed E-state index contributed by atoms with van der Waals surface area (Å²) in [6.07, 6.45) is 3.35. The SMILES string of the molecule is Cc1cccc(C(=O)N2CC3Cn4c(nn(CC5CCC5)c(=O)c4=O)C3C2)n1. The molecule has 146 valence electrons. The smallest absolute Gasteiger partial charge is 0.332 e. The monoisotopic (exact) mass is 381 g/mol. The van der Waals surface area contributed by atoms with Gasteiger partial charge in [-0.05, 0) is 37.8 Å². The van der Waals surface area contributed by atoms with Crippen molar-refractivity contribution >= 4 is 5.91 Å². The molecule has 4 heterocycles. The Kier molecular flexibility index (Phi) is 3.96. The molecule has 2 atom stereocenters. The topological polar surface area (TPSA) is 90.1 Å². The second-order valence-corrected chi connectivity index (χ2v) is 8.30. The molecule has 0 aromatic carbocycles. The molecule has 1 amide bonds. The van der Waals surface area contributed by atoms with Crippen LogP contribution in [0.1, 0.15) is 47.2 Å². The molecule has 1 saturated heterocycles. The Morgan fingerprint density at radius 3 is 2.68 bits per heavy atom. The summed E-state index contributed by atoms with van der Waals surface area (Å²) in [7, 11) is 0. The first-order valence-corrected chi connectivity index (χ1v) is 9.96. The van der Waals surface area contributed by atoms with Crippen LogP contribution in [0.5, 0.6) is 0 Å². The minimum Gasteiger partial charge on any atom is -0.336 e. The average Bonchev–Trinajstić information content (AvgIpc) is 3.20. The highest BCUT2D eigenvalue weighted by Crippen LogP contribution is 2.37. The summed E-state index contributed by atoms with van der Waals surface area (Å²) in [5, 5.41) is 4.57. The van der Waals surface area contributed by atoms with E-state index in [2.05, 4.69) is 10.1 Å². The third kappa shape index (κ3) is 2.70. The molecule has 1 aliphatic carbocycles. The largest absolute Gasteiger partial charge is 0.336 e. The number of carbonyl (C=O) groups is 1. The van der Waals surface area contributed by atoms with E-state index < -0.39 is 11.1 Å². The Balaban J connectivity index is 1.42. The summed E-state index contributed by atoms with van der Waals surface area (Å²) in [6, 6.07) is 5.43. The number of nitrogens with zero attached hydrogens (tertiary/aromatic N) is 5. The van der Waals surface area contributed by atoms with E-state index in [0.717, 1.165) is 18.5 Å². The van der Waals surface area contributed by atoms with Crippen LogP contribution in [0.3, 0.4) is 0 Å². The number of rotatable bonds is 3. The first kappa shape index (κ1) is 17.3. The number of hydrogen-bond donors (Lipinski definition) is 0. The molecule has 2 fully saturated rings. The van der Waals surface area contributed by atoms with Crippen LogP contribution in [-0.2, 0) is 13.1 Å². The quantitative estimate of drug-likeness (QED) is 0.733. The summed E-state index contributed by atoms with van der Waals surface area (Å²) in [5.74, 6) is 1.12. The first-order valence-electron chi connectivity index (χ1n) is 9.96. The molecule has 2 aliphatic heterocycles. The fraction of sp³-hybridized carbons (Fsp3) is 0.550. The standard InChI is InChI=1S/C20H23N5O3/c1-12-4-2-7-16(21-12)18(26)23-9-14-10-24-17(15(14)11-23)22-25(20(28)19(24)27)8-13-5-3-6-13/h2,4,7,13-15H,3,5-6,8-11H2,1H3. The minimum atomic E-state index is -0.521. The number of amides is 1. The third-order valence-electron chi connectivity index (χ3n) is 6.40. The lowest BCUT2D eigenvalue weighted by atomic mass is 9.85. The highest BCUT2D eigenvalue weighted by molar-refractivity contribution is 5.92. The van der Waals surface area contributed by atoms with E-state index in [1.54, 1.807) is 11.0 Å². The van der Waals surface area contributed by atoms with Crippen molar-refractivity contribution in [3.8, 4) is 0 Å². The highest BCUT2D eigenvalue weighted by Gasteiger charge is 2.44. The summed E-state index contributed by atoms with van der Waals surface area (Å²) < 4.78 is 2.90. The Morgan fingerprint density at radius 1 is 1.14 bits per heavy atom. The van der Waals surface area contributed by atoms with Gasteiger partial charge in [-0.2, -0.15) is 5.10 Å². The highest BCUT2D eigenvalue weighted by atomic mass is 16.2. The molecule has 0 bridgehead atoms. The number of hydrogen-bond acceptors (Lipinski definition) is 5. The van der Waals surface area contributed by atoms with E-state index in [1.807, 2.05) is 19.1 Å². The Hall–Kier alpha value is -2.77. The molecule has 5 rings (SSSR count). The van der Waals surface area contributed by atoms with Crippen LogP contribution in [-0.4, -0.2) is 43.2 Å². The van der Waals surface area contributed by atoms with E-state index in [0.29, 0.717) is 43.6 Å². The first-order chi connectivity index (χ1) is 13.5. The van der Waals surface area contributed by atoms with Gasteiger partial charge in [-0.25, -0.2) is 9.67 Å². The maximum Gasteiger partial charge on any atom is 0.332 e. The van der Waals surface area contributed by atoms with Crippen LogP contribution in [0, 0.1) is 18.8 Å². The summed E-state index contributed by atoms with van der Waals surface area (Å²) in [6.45, 7) is 3.90. The molecule has 0 radical (unpaired) electrons. The van der Waals surface area contributed by atoms with Crippen LogP contribution in [0.4, 0.5) is 0 Å². The van der Waals surface area contributed by atoms with Crippen LogP contribution >= 0.6 is 0 Å². The normalized spacial score (nSPS) is 23.4. The average molecular weight is 381 g/mol. The molecule has 1 saturated carbocycles. The van der Waals surface area contributed by atoms with Gasteiger partial charge < -0.3 is 4.90 Å². The second kappa shape index (κ2) is 6.39. The van der Waals surface area contributed by atoms with Crippen LogP contribution in [0.2, 0.25) is 0 Å². The lowest BCUT2D eigenvalue weighted by Gasteiger charge is -2.25. The van der Waals surface area contributed by atoms with Gasteiger partial charge in [-0.3, -0.25) is 19.0 Å². The summed E-state index contributed by atoms with van der Waals surface area (Å²) >= 11 is 0. The van der Waals surface area contributed by atoms with Crippen molar-refractivity contribution in [3.05, 3.63) is 56.1 Å². The number of aryl methyl sites for hydroxylation is 1. The summed E-state index contributed by atoms with van der Waals surface area (Å²) in [5.41, 5.74) is 0.258. The molecular formula is C20H23N5O3.